The van der Waals surface area contributed by atoms with Crippen LogP contribution < -0.4 is 20.3 Å². The molecule has 4 aromatic rings. The molecular formula is C28H32FN7O4S. The number of aryl methyl sites for hydroxylation is 1. The molecule has 1 amide bonds. The zero-order valence-electron chi connectivity index (χ0n) is 23.1. The van der Waals surface area contributed by atoms with Gasteiger partial charge in [-0.15, -0.1) is 0 Å². The lowest BCUT2D eigenvalue weighted by molar-refractivity contribution is 0.102. The summed E-state index contributed by atoms with van der Waals surface area (Å²) >= 11 is 0. The highest BCUT2D eigenvalue weighted by Gasteiger charge is 2.27. The molecule has 41 heavy (non-hydrogen) atoms. The molecular weight excluding hydrogens is 549 g/mol. The first kappa shape index (κ1) is 27.3. The quantitative estimate of drug-likeness (QED) is 0.365. The van der Waals surface area contributed by atoms with Gasteiger partial charge in [0.25, 0.3) is 5.91 Å². The Kier molecular flexibility index (Phi) is 7.02. The lowest BCUT2D eigenvalue weighted by Gasteiger charge is -2.38. The number of benzene rings is 2. The number of hydrogen-bond acceptors (Lipinski definition) is 9. The van der Waals surface area contributed by atoms with Crippen LogP contribution in [0.1, 0.15) is 37.0 Å². The van der Waals surface area contributed by atoms with Crippen LogP contribution in [0.5, 0.6) is 6.01 Å². The summed E-state index contributed by atoms with van der Waals surface area (Å²) in [5.74, 6) is -0.881. The predicted molar refractivity (Wildman–Crippen MR) is 155 cm³/mol. The number of fused-ring (bicyclic) bond motifs is 2. The summed E-state index contributed by atoms with van der Waals surface area (Å²) in [5.41, 5.74) is 2.10. The second-order valence-corrected chi connectivity index (χ2v) is 13.3. The number of nitrogens with one attached hydrogen (secondary N) is 2. The van der Waals surface area contributed by atoms with Gasteiger partial charge >= 0.3 is 6.01 Å². The third-order valence-corrected chi connectivity index (χ3v) is 9.27. The van der Waals surface area contributed by atoms with E-state index in [1.807, 2.05) is 6.07 Å². The van der Waals surface area contributed by atoms with Crippen molar-refractivity contribution in [3.63, 3.8) is 0 Å². The molecule has 4 heterocycles. The van der Waals surface area contributed by atoms with E-state index in [0.29, 0.717) is 34.8 Å². The molecule has 0 unspecified atom stereocenters. The Labute approximate surface area is 237 Å². The minimum atomic E-state index is -3.05. The maximum absolute atomic E-state index is 14.7. The minimum Gasteiger partial charge on any atom is -0.460 e. The van der Waals surface area contributed by atoms with Crippen molar-refractivity contribution >= 4 is 48.9 Å². The number of aromatic nitrogens is 4. The van der Waals surface area contributed by atoms with Crippen molar-refractivity contribution in [2.75, 3.05) is 34.8 Å². The Morgan fingerprint density at radius 1 is 1.12 bits per heavy atom. The molecule has 2 aromatic heterocycles. The number of sulfone groups is 1. The van der Waals surface area contributed by atoms with Gasteiger partial charge < -0.3 is 20.3 Å². The molecule has 2 fully saturated rings. The summed E-state index contributed by atoms with van der Waals surface area (Å²) in [6.45, 7) is 5.78. The number of anilines is 2. The van der Waals surface area contributed by atoms with Gasteiger partial charge in [0.1, 0.15) is 11.6 Å². The first-order valence-corrected chi connectivity index (χ1v) is 15.5. The first-order chi connectivity index (χ1) is 19.5. The Morgan fingerprint density at radius 2 is 1.85 bits per heavy atom. The van der Waals surface area contributed by atoms with E-state index in [0.717, 1.165) is 18.8 Å². The van der Waals surface area contributed by atoms with Gasteiger partial charge in [0.2, 0.25) is 0 Å². The molecule has 6 rings (SSSR count). The summed E-state index contributed by atoms with van der Waals surface area (Å²) in [6.07, 6.45) is 3.72. The standard InChI is InChI=1S/C28H32FN7O4S/c1-16-13-36(14-17(2)31-16)24-5-4-21(27(37)32-19-10-18-15-35(3)34-25(18)23(29)11-19)26-22(24)12-30-28(33-26)40-20-6-8-41(38,39)9-7-20/h4-5,10-12,15-17,20,31H,6-9,13-14H2,1-3H3,(H,32,37)/t16-,17-/m0/s1. The molecule has 13 heteroatoms. The van der Waals surface area contributed by atoms with Crippen LogP contribution in [0.15, 0.2) is 36.7 Å². The van der Waals surface area contributed by atoms with Crippen molar-refractivity contribution in [2.45, 2.75) is 44.9 Å². The number of ether oxygens (including phenoxy) is 1. The number of carbonyl (C=O) groups is 1. The van der Waals surface area contributed by atoms with Gasteiger partial charge in [0.15, 0.2) is 15.7 Å². The number of rotatable bonds is 5. The van der Waals surface area contributed by atoms with Gasteiger partial charge in [-0.3, -0.25) is 9.48 Å². The fraction of sp³-hybridized carbons (Fsp3) is 0.429. The Morgan fingerprint density at radius 3 is 2.59 bits per heavy atom. The normalized spacial score (nSPS) is 21.3. The maximum atomic E-state index is 14.7. The van der Waals surface area contributed by atoms with Gasteiger partial charge in [-0.05, 0) is 51.0 Å². The molecule has 11 nitrogen and oxygen atoms in total. The molecule has 2 atom stereocenters. The van der Waals surface area contributed by atoms with E-state index in [1.54, 1.807) is 31.6 Å². The van der Waals surface area contributed by atoms with Gasteiger partial charge in [0.05, 0.1) is 22.6 Å². The second-order valence-electron chi connectivity index (χ2n) is 11.0. The first-order valence-electron chi connectivity index (χ1n) is 13.7. The van der Waals surface area contributed by atoms with Crippen molar-refractivity contribution in [1.82, 2.24) is 25.1 Å². The van der Waals surface area contributed by atoms with Gasteiger partial charge in [-0.1, -0.05) is 0 Å². The molecule has 2 aliphatic heterocycles. The minimum absolute atomic E-state index is 0.0558. The molecule has 0 saturated carbocycles. The van der Waals surface area contributed by atoms with E-state index in [1.165, 1.54) is 10.7 Å². The molecule has 2 N–H and O–H groups in total. The summed E-state index contributed by atoms with van der Waals surface area (Å²) in [7, 11) is -1.34. The third-order valence-electron chi connectivity index (χ3n) is 7.56. The second kappa shape index (κ2) is 10.5. The van der Waals surface area contributed by atoms with Crippen LogP contribution in [-0.2, 0) is 16.9 Å². The van der Waals surface area contributed by atoms with Crippen LogP contribution in [0.25, 0.3) is 21.8 Å². The Bertz CT molecular complexity index is 1740. The number of piperazine rings is 1. The molecule has 2 saturated heterocycles. The lowest BCUT2D eigenvalue weighted by Crippen LogP contribution is -2.54. The molecule has 2 aromatic carbocycles. The fourth-order valence-corrected chi connectivity index (χ4v) is 7.19. The zero-order chi connectivity index (χ0) is 28.9. The van der Waals surface area contributed by atoms with Gasteiger partial charge in [-0.25, -0.2) is 17.8 Å². The van der Waals surface area contributed by atoms with Gasteiger partial charge in [0, 0.05) is 66.8 Å². The number of nitrogens with zero attached hydrogens (tertiary/aromatic N) is 5. The van der Waals surface area contributed by atoms with E-state index in [9.17, 15) is 17.6 Å². The summed E-state index contributed by atoms with van der Waals surface area (Å²) < 4.78 is 45.9. The number of hydrogen-bond donors (Lipinski definition) is 2. The predicted octanol–water partition coefficient (Wildman–Crippen LogP) is 3.05. The van der Waals surface area contributed by atoms with E-state index < -0.39 is 21.6 Å². The van der Waals surface area contributed by atoms with Crippen LogP contribution in [0.2, 0.25) is 0 Å². The van der Waals surface area contributed by atoms with Crippen LogP contribution in [0, 0.1) is 5.82 Å². The molecule has 2 aliphatic rings. The topological polar surface area (TPSA) is 131 Å². The van der Waals surface area contributed by atoms with Crippen molar-refractivity contribution in [3.05, 3.63) is 48.0 Å². The van der Waals surface area contributed by atoms with E-state index >= 15 is 0 Å². The number of halogens is 1. The summed E-state index contributed by atoms with van der Waals surface area (Å²) in [6, 6.07) is 7.13. The van der Waals surface area contributed by atoms with E-state index in [4.69, 9.17) is 4.74 Å². The zero-order valence-corrected chi connectivity index (χ0v) is 23.9. The largest absolute Gasteiger partial charge is 0.460 e. The van der Waals surface area contributed by atoms with Gasteiger partial charge in [-0.2, -0.15) is 10.1 Å². The lowest BCUT2D eigenvalue weighted by atomic mass is 10.0. The number of carbonyl (C=O) groups excluding carboxylic acids is 1. The van der Waals surface area contributed by atoms with Crippen LogP contribution in [-0.4, -0.2) is 76.9 Å². The molecule has 0 radical (unpaired) electrons. The average molecular weight is 582 g/mol. The molecule has 0 spiro atoms. The summed E-state index contributed by atoms with van der Waals surface area (Å²) in [5, 5.41) is 11.7. The fourth-order valence-electron chi connectivity index (χ4n) is 5.75. The molecule has 0 bridgehead atoms. The molecule has 0 aliphatic carbocycles. The van der Waals surface area contributed by atoms with Crippen molar-refractivity contribution in [3.8, 4) is 6.01 Å². The van der Waals surface area contributed by atoms with E-state index in [2.05, 4.69) is 44.4 Å². The average Bonchev–Trinajstić information content (AvgIpc) is 3.29. The van der Waals surface area contributed by atoms with Crippen LogP contribution in [0.3, 0.4) is 0 Å². The maximum Gasteiger partial charge on any atom is 0.317 e. The highest BCUT2D eigenvalue weighted by molar-refractivity contribution is 7.91. The summed E-state index contributed by atoms with van der Waals surface area (Å²) in [4.78, 5) is 25.0. The Hall–Kier alpha value is -3.84. The highest BCUT2D eigenvalue weighted by Crippen LogP contribution is 2.32. The Balaban J connectivity index is 1.36. The SMILES string of the molecule is C[C@H]1CN(c2ccc(C(=O)Nc3cc(F)c4nn(C)cc4c3)c3nc(OC4CCS(=O)(=O)CC4)ncc23)C[C@H](C)N1. The van der Waals surface area contributed by atoms with E-state index in [-0.39, 0.29) is 46.8 Å². The van der Waals surface area contributed by atoms with Crippen molar-refractivity contribution < 1.29 is 22.3 Å². The highest BCUT2D eigenvalue weighted by atomic mass is 32.2. The smallest absolute Gasteiger partial charge is 0.317 e. The van der Waals surface area contributed by atoms with Crippen molar-refractivity contribution in [1.29, 1.82) is 0 Å². The monoisotopic (exact) mass is 581 g/mol. The van der Waals surface area contributed by atoms with Crippen LogP contribution in [0.4, 0.5) is 15.8 Å². The molecule has 216 valence electrons. The van der Waals surface area contributed by atoms with Crippen molar-refractivity contribution in [2.24, 2.45) is 7.05 Å². The third kappa shape index (κ3) is 5.68. The van der Waals surface area contributed by atoms with Crippen LogP contribution >= 0.6 is 0 Å². The number of amides is 1.